The zero-order chi connectivity index (χ0) is 6.97. The van der Waals surface area contributed by atoms with Crippen molar-refractivity contribution in [1.82, 2.24) is 20.2 Å². The van der Waals surface area contributed by atoms with Gasteiger partial charge in [-0.15, -0.1) is 5.10 Å². The molecule has 0 aromatic carbocycles. The number of hydrogen-bond donors (Lipinski definition) is 1. The van der Waals surface area contributed by atoms with Crippen molar-refractivity contribution in [2.75, 3.05) is 0 Å². The van der Waals surface area contributed by atoms with Crippen LogP contribution in [0.2, 0.25) is 0 Å². The molecule has 1 saturated carbocycles. The molecule has 5 heteroatoms. The first-order valence-electron chi connectivity index (χ1n) is 3.28. The first-order chi connectivity index (χ1) is 4.92. The Kier molecular flexibility index (Phi) is 1.17. The maximum atomic E-state index is 8.70. The molecule has 0 amide bonds. The van der Waals surface area contributed by atoms with E-state index in [9.17, 15) is 0 Å². The van der Waals surface area contributed by atoms with Crippen molar-refractivity contribution in [3.8, 4) is 0 Å². The fourth-order valence-electron chi connectivity index (χ4n) is 0.946. The molecule has 2 rings (SSSR count). The van der Waals surface area contributed by atoms with E-state index >= 15 is 0 Å². The summed E-state index contributed by atoms with van der Waals surface area (Å²) >= 11 is 0. The molecule has 10 heavy (non-hydrogen) atoms. The van der Waals surface area contributed by atoms with Gasteiger partial charge in [-0.2, -0.15) is 0 Å². The van der Waals surface area contributed by atoms with Gasteiger partial charge in [-0.05, 0) is 23.3 Å². The van der Waals surface area contributed by atoms with Gasteiger partial charge in [-0.3, -0.25) is 0 Å². The fourth-order valence-corrected chi connectivity index (χ4v) is 0.946. The molecule has 0 bridgehead atoms. The van der Waals surface area contributed by atoms with Crippen molar-refractivity contribution in [1.29, 1.82) is 0 Å². The van der Waals surface area contributed by atoms with Crippen LogP contribution in [0.1, 0.15) is 24.6 Å². The van der Waals surface area contributed by atoms with E-state index in [1.165, 1.54) is 4.68 Å². The second kappa shape index (κ2) is 2.02. The standard InChI is InChI=1S/C5H8N4O/c10-3-9-5(4-1-2-4)6-7-8-9/h4,10H,1-3H2. The van der Waals surface area contributed by atoms with Gasteiger partial charge in [0.05, 0.1) is 0 Å². The molecule has 54 valence electrons. The Morgan fingerprint density at radius 2 is 2.40 bits per heavy atom. The lowest BCUT2D eigenvalue weighted by Gasteiger charge is -1.94. The highest BCUT2D eigenvalue weighted by Gasteiger charge is 2.29. The summed E-state index contributed by atoms with van der Waals surface area (Å²) in [6.45, 7) is -0.112. The lowest BCUT2D eigenvalue weighted by Crippen LogP contribution is -2.03. The third-order valence-electron chi connectivity index (χ3n) is 1.64. The van der Waals surface area contributed by atoms with E-state index in [4.69, 9.17) is 5.11 Å². The van der Waals surface area contributed by atoms with Crippen molar-refractivity contribution < 1.29 is 5.11 Å². The first kappa shape index (κ1) is 5.79. The molecule has 0 aliphatic heterocycles. The Labute approximate surface area is 57.7 Å². The van der Waals surface area contributed by atoms with E-state index in [0.717, 1.165) is 18.7 Å². The van der Waals surface area contributed by atoms with E-state index < -0.39 is 0 Å². The SMILES string of the molecule is OCn1nnnc1C1CC1. The Morgan fingerprint density at radius 1 is 1.60 bits per heavy atom. The molecular weight excluding hydrogens is 132 g/mol. The van der Waals surface area contributed by atoms with Crippen LogP contribution in [0.25, 0.3) is 0 Å². The lowest BCUT2D eigenvalue weighted by atomic mass is 10.4. The van der Waals surface area contributed by atoms with Gasteiger partial charge in [0.1, 0.15) is 6.73 Å². The van der Waals surface area contributed by atoms with Gasteiger partial charge in [0, 0.05) is 5.92 Å². The molecule has 0 atom stereocenters. The Morgan fingerprint density at radius 3 is 3.00 bits per heavy atom. The zero-order valence-electron chi connectivity index (χ0n) is 5.43. The summed E-state index contributed by atoms with van der Waals surface area (Å²) in [7, 11) is 0. The number of aliphatic hydroxyl groups is 1. The topological polar surface area (TPSA) is 63.8 Å². The summed E-state index contributed by atoms with van der Waals surface area (Å²) in [6.07, 6.45) is 2.31. The highest BCUT2D eigenvalue weighted by atomic mass is 16.3. The summed E-state index contributed by atoms with van der Waals surface area (Å²) in [5.74, 6) is 1.32. The molecule has 5 nitrogen and oxygen atoms in total. The van der Waals surface area contributed by atoms with Gasteiger partial charge in [0.25, 0.3) is 0 Å². The van der Waals surface area contributed by atoms with Crippen LogP contribution in [-0.4, -0.2) is 25.3 Å². The third kappa shape index (κ3) is 0.786. The summed E-state index contributed by atoms with van der Waals surface area (Å²) in [4.78, 5) is 0. The summed E-state index contributed by atoms with van der Waals surface area (Å²) in [5.41, 5.74) is 0. The second-order valence-corrected chi connectivity index (χ2v) is 2.45. The highest BCUT2D eigenvalue weighted by Crippen LogP contribution is 2.38. The molecule has 1 aliphatic carbocycles. The molecule has 1 N–H and O–H groups in total. The predicted molar refractivity (Wildman–Crippen MR) is 32.0 cm³/mol. The largest absolute Gasteiger partial charge is 0.374 e. The fraction of sp³-hybridized carbons (Fsp3) is 0.800. The van der Waals surface area contributed by atoms with Crippen LogP contribution < -0.4 is 0 Å². The van der Waals surface area contributed by atoms with Crippen molar-refractivity contribution in [3.05, 3.63) is 5.82 Å². The smallest absolute Gasteiger partial charge is 0.157 e. The average Bonchev–Trinajstić information content (AvgIpc) is 2.69. The van der Waals surface area contributed by atoms with E-state index in [2.05, 4.69) is 15.5 Å². The van der Waals surface area contributed by atoms with E-state index in [-0.39, 0.29) is 6.73 Å². The van der Waals surface area contributed by atoms with E-state index in [0.29, 0.717) is 5.92 Å². The molecule has 1 aromatic rings. The van der Waals surface area contributed by atoms with Crippen molar-refractivity contribution in [2.24, 2.45) is 0 Å². The van der Waals surface area contributed by atoms with Crippen LogP contribution >= 0.6 is 0 Å². The Balaban J connectivity index is 2.28. The molecule has 0 unspecified atom stereocenters. The molecule has 0 saturated heterocycles. The van der Waals surface area contributed by atoms with Crippen molar-refractivity contribution in [2.45, 2.75) is 25.5 Å². The number of tetrazole rings is 1. The number of nitrogens with zero attached hydrogens (tertiary/aromatic N) is 4. The molecular formula is C5H8N4O. The maximum Gasteiger partial charge on any atom is 0.157 e. The average molecular weight is 140 g/mol. The predicted octanol–water partition coefficient (Wildman–Crippen LogP) is -0.500. The molecule has 1 fully saturated rings. The van der Waals surface area contributed by atoms with Gasteiger partial charge in [0.2, 0.25) is 0 Å². The number of hydrogen-bond acceptors (Lipinski definition) is 4. The van der Waals surface area contributed by atoms with Crippen molar-refractivity contribution >= 4 is 0 Å². The van der Waals surface area contributed by atoms with Gasteiger partial charge >= 0.3 is 0 Å². The minimum Gasteiger partial charge on any atom is -0.374 e. The van der Waals surface area contributed by atoms with Crippen LogP contribution in [0, 0.1) is 0 Å². The Hall–Kier alpha value is -0.970. The summed E-state index contributed by atoms with van der Waals surface area (Å²) in [5, 5.41) is 19.6. The second-order valence-electron chi connectivity index (χ2n) is 2.45. The Bertz CT molecular complexity index is 229. The highest BCUT2D eigenvalue weighted by molar-refractivity contribution is 5.01. The molecule has 1 heterocycles. The van der Waals surface area contributed by atoms with E-state index in [1.807, 2.05) is 0 Å². The van der Waals surface area contributed by atoms with Gasteiger partial charge < -0.3 is 5.11 Å². The third-order valence-corrected chi connectivity index (χ3v) is 1.64. The quantitative estimate of drug-likeness (QED) is 0.601. The minimum absolute atomic E-state index is 0.112. The van der Waals surface area contributed by atoms with Crippen LogP contribution in [0.5, 0.6) is 0 Å². The summed E-state index contributed by atoms with van der Waals surface area (Å²) < 4.78 is 1.43. The zero-order valence-corrected chi connectivity index (χ0v) is 5.43. The minimum atomic E-state index is -0.112. The number of aliphatic hydroxyl groups excluding tert-OH is 1. The van der Waals surface area contributed by atoms with Crippen LogP contribution in [0.3, 0.4) is 0 Å². The van der Waals surface area contributed by atoms with E-state index in [1.54, 1.807) is 0 Å². The first-order valence-corrected chi connectivity index (χ1v) is 3.28. The van der Waals surface area contributed by atoms with Gasteiger partial charge in [0.15, 0.2) is 5.82 Å². The van der Waals surface area contributed by atoms with Gasteiger partial charge in [-0.25, -0.2) is 4.68 Å². The van der Waals surface area contributed by atoms with Crippen molar-refractivity contribution in [3.63, 3.8) is 0 Å². The normalized spacial score (nSPS) is 17.7. The maximum absolute atomic E-state index is 8.70. The number of aromatic nitrogens is 4. The van der Waals surface area contributed by atoms with Crippen LogP contribution in [-0.2, 0) is 6.73 Å². The monoisotopic (exact) mass is 140 g/mol. The summed E-state index contributed by atoms with van der Waals surface area (Å²) in [6, 6.07) is 0. The lowest BCUT2D eigenvalue weighted by molar-refractivity contribution is 0.188. The molecule has 0 spiro atoms. The molecule has 1 aromatic heterocycles. The molecule has 1 aliphatic rings. The van der Waals surface area contributed by atoms with Gasteiger partial charge in [-0.1, -0.05) is 0 Å². The van der Waals surface area contributed by atoms with Crippen LogP contribution in [0.4, 0.5) is 0 Å². The van der Waals surface area contributed by atoms with Crippen LogP contribution in [0.15, 0.2) is 0 Å². The molecule has 0 radical (unpaired) electrons. The number of rotatable bonds is 2.